The lowest BCUT2D eigenvalue weighted by Gasteiger charge is -2.22. The first kappa shape index (κ1) is 20.3. The van der Waals surface area contributed by atoms with Gasteiger partial charge in [-0.2, -0.15) is 4.74 Å². The zero-order chi connectivity index (χ0) is 18.8. The largest absolute Gasteiger partial charge is 0.421 e. The van der Waals surface area contributed by atoms with Gasteiger partial charge in [0.15, 0.2) is 5.75 Å². The molecule has 0 spiro atoms. The van der Waals surface area contributed by atoms with Crippen molar-refractivity contribution in [2.24, 2.45) is 4.74 Å². The van der Waals surface area contributed by atoms with Gasteiger partial charge in [0, 0.05) is 0 Å². The summed E-state index contributed by atoms with van der Waals surface area (Å²) >= 11 is 0. The molecule has 0 aliphatic heterocycles. The van der Waals surface area contributed by atoms with E-state index in [1.165, 1.54) is 0 Å². The van der Waals surface area contributed by atoms with Gasteiger partial charge < -0.3 is 18.3 Å². The fraction of sp³-hybridized carbons (Fsp3) is 0.316. The average molecular weight is 377 g/mol. The minimum atomic E-state index is -2.93. The molecule has 0 saturated carbocycles. The number of benzene rings is 2. The third kappa shape index (κ3) is 5.51. The maximum atomic E-state index is 12.4. The van der Waals surface area contributed by atoms with Gasteiger partial charge >= 0.3 is 13.7 Å². The van der Waals surface area contributed by atoms with Crippen LogP contribution in [0, 0.1) is 0 Å². The third-order valence-corrected chi connectivity index (χ3v) is 5.40. The molecule has 2 aromatic carbocycles. The summed E-state index contributed by atoms with van der Waals surface area (Å²) in [5.74, 6) is -0.133. The highest BCUT2D eigenvalue weighted by Crippen LogP contribution is 2.56. The van der Waals surface area contributed by atoms with Crippen molar-refractivity contribution in [1.29, 1.82) is 0 Å². The predicted molar refractivity (Wildman–Crippen MR) is 102 cm³/mol. The molecule has 0 bridgehead atoms. The Balaban J connectivity index is 2.38. The number of hydrogen-bond acceptors (Lipinski definition) is 6. The molecule has 0 N–H and O–H groups in total. The van der Waals surface area contributed by atoms with Crippen molar-refractivity contribution in [3.8, 4) is 5.75 Å². The van der Waals surface area contributed by atoms with E-state index in [0.717, 1.165) is 0 Å². The van der Waals surface area contributed by atoms with Crippen LogP contribution in [0.3, 0.4) is 0 Å². The molecule has 6 nitrogen and oxygen atoms in total. The molecule has 0 aliphatic rings. The van der Waals surface area contributed by atoms with Crippen molar-refractivity contribution in [3.05, 3.63) is 60.2 Å². The van der Waals surface area contributed by atoms with Gasteiger partial charge in [0.1, 0.15) is 5.69 Å². The van der Waals surface area contributed by atoms with Crippen LogP contribution in [-0.4, -0.2) is 25.8 Å². The molecule has 2 rings (SSSR count). The fourth-order valence-electron chi connectivity index (χ4n) is 2.18. The van der Waals surface area contributed by atoms with Crippen LogP contribution in [0.25, 0.3) is 0 Å². The molecule has 7 heteroatoms. The summed E-state index contributed by atoms with van der Waals surface area (Å²) in [6.07, 6.45) is 0. The molecule has 0 unspecified atom stereocenters. The Hall–Kier alpha value is -1.98. The quantitative estimate of drug-likeness (QED) is 0.324. The van der Waals surface area contributed by atoms with Gasteiger partial charge in [-0.15, -0.1) is 0 Å². The number of hydrogen-bond donors (Lipinski definition) is 0. The molecule has 0 radical (unpaired) electrons. The van der Waals surface area contributed by atoms with Crippen molar-refractivity contribution in [2.75, 3.05) is 19.8 Å². The molecule has 26 heavy (non-hydrogen) atoms. The molecule has 140 valence electrons. The van der Waals surface area contributed by atoms with E-state index in [1.807, 2.05) is 26.8 Å². The van der Waals surface area contributed by atoms with Gasteiger partial charge in [-0.05, 0) is 45.0 Å². The van der Waals surface area contributed by atoms with E-state index in [-0.39, 0.29) is 0 Å². The highest BCUT2D eigenvalue weighted by Gasteiger charge is 2.24. The van der Waals surface area contributed by atoms with Crippen molar-refractivity contribution >= 4 is 19.4 Å². The SMILES string of the molecule is CCOP(=Nc1ccccc1OC(=O)c1ccccc1)(OCC)OCC. The minimum absolute atomic E-state index is 0.324. The predicted octanol–water partition coefficient (Wildman–Crippen LogP) is 5.59. The first-order valence-electron chi connectivity index (χ1n) is 8.56. The highest BCUT2D eigenvalue weighted by atomic mass is 31.2. The number of esters is 1. The second-order valence-electron chi connectivity index (χ2n) is 5.05. The normalized spacial score (nSPS) is 11.2. The van der Waals surface area contributed by atoms with Crippen LogP contribution < -0.4 is 4.74 Å². The molecule has 0 heterocycles. The van der Waals surface area contributed by atoms with Crippen molar-refractivity contribution < 1.29 is 23.1 Å². The number of carbonyl (C=O) groups is 1. The topological polar surface area (TPSA) is 66.4 Å². The monoisotopic (exact) mass is 377 g/mol. The van der Waals surface area contributed by atoms with Gasteiger partial charge in [-0.25, -0.2) is 4.79 Å². The second kappa shape index (κ2) is 10.2. The van der Waals surface area contributed by atoms with Gasteiger partial charge in [0.25, 0.3) is 0 Å². The lowest BCUT2D eigenvalue weighted by Crippen LogP contribution is -2.08. The molecule has 0 atom stereocenters. The van der Waals surface area contributed by atoms with E-state index in [4.69, 9.17) is 18.3 Å². The summed E-state index contributed by atoms with van der Waals surface area (Å²) in [7, 11) is -2.93. The second-order valence-corrected chi connectivity index (χ2v) is 6.96. The Labute approximate surface area is 154 Å². The molecule has 0 aliphatic carbocycles. The first-order valence-corrected chi connectivity index (χ1v) is 10.1. The van der Waals surface area contributed by atoms with Gasteiger partial charge in [-0.1, -0.05) is 30.3 Å². The van der Waals surface area contributed by atoms with E-state index in [1.54, 1.807) is 48.5 Å². The highest BCUT2D eigenvalue weighted by molar-refractivity contribution is 7.51. The lowest BCUT2D eigenvalue weighted by atomic mass is 10.2. The van der Waals surface area contributed by atoms with Gasteiger partial charge in [0.2, 0.25) is 0 Å². The number of rotatable bonds is 9. The van der Waals surface area contributed by atoms with Crippen LogP contribution in [0.2, 0.25) is 0 Å². The Kier molecular flexibility index (Phi) is 8.01. The van der Waals surface area contributed by atoms with Crippen LogP contribution in [0.1, 0.15) is 31.1 Å². The zero-order valence-electron chi connectivity index (χ0n) is 15.3. The number of para-hydroxylation sites is 1. The Morgan fingerprint density at radius 3 is 1.96 bits per heavy atom. The minimum Gasteiger partial charge on any atom is -0.421 e. The van der Waals surface area contributed by atoms with E-state index in [9.17, 15) is 4.79 Å². The summed E-state index contributed by atoms with van der Waals surface area (Å²) in [6, 6.07) is 15.8. The molecule has 0 amide bonds. The van der Waals surface area contributed by atoms with Crippen LogP contribution in [0.5, 0.6) is 5.75 Å². The smallest absolute Gasteiger partial charge is 0.360 e. The lowest BCUT2D eigenvalue weighted by molar-refractivity contribution is 0.0735. The van der Waals surface area contributed by atoms with E-state index < -0.39 is 13.7 Å². The van der Waals surface area contributed by atoms with Crippen LogP contribution >= 0.6 is 7.74 Å². The van der Waals surface area contributed by atoms with Crippen molar-refractivity contribution in [2.45, 2.75) is 20.8 Å². The van der Waals surface area contributed by atoms with E-state index in [0.29, 0.717) is 36.8 Å². The Morgan fingerprint density at radius 2 is 1.38 bits per heavy atom. The zero-order valence-corrected chi connectivity index (χ0v) is 16.1. The summed E-state index contributed by atoms with van der Waals surface area (Å²) in [4.78, 5) is 12.4. The standard InChI is InChI=1S/C19H24NO5P/c1-4-22-26(23-5-2,24-6-3)20-17-14-10-11-15-18(17)25-19(21)16-12-8-7-9-13-16/h7-15H,4-6H2,1-3H3. The molecule has 0 fully saturated rings. The molecule has 2 aromatic rings. The summed E-state index contributed by atoms with van der Waals surface area (Å²) < 4.78 is 27.3. The van der Waals surface area contributed by atoms with E-state index >= 15 is 0 Å². The van der Waals surface area contributed by atoms with Gasteiger partial charge in [-0.3, -0.25) is 0 Å². The number of carbonyl (C=O) groups excluding carboxylic acids is 1. The number of ether oxygens (including phenoxy) is 1. The molecular formula is C19H24NO5P. The fourth-order valence-corrected chi connectivity index (χ4v) is 3.98. The summed E-state index contributed by atoms with van der Waals surface area (Å²) in [6.45, 7) is 6.73. The van der Waals surface area contributed by atoms with Crippen LogP contribution in [-0.2, 0) is 13.6 Å². The van der Waals surface area contributed by atoms with Crippen LogP contribution in [0.4, 0.5) is 5.69 Å². The third-order valence-electron chi connectivity index (χ3n) is 3.18. The Morgan fingerprint density at radius 1 is 0.846 bits per heavy atom. The first-order chi connectivity index (χ1) is 12.6. The average Bonchev–Trinajstić information content (AvgIpc) is 2.65. The summed E-state index contributed by atoms with van der Waals surface area (Å²) in [5.41, 5.74) is 0.906. The van der Waals surface area contributed by atoms with E-state index in [2.05, 4.69) is 4.74 Å². The maximum absolute atomic E-state index is 12.4. The Bertz CT molecular complexity index is 740. The number of nitrogens with zero attached hydrogens (tertiary/aromatic N) is 1. The van der Waals surface area contributed by atoms with Crippen molar-refractivity contribution in [1.82, 2.24) is 0 Å². The summed E-state index contributed by atoms with van der Waals surface area (Å²) in [5, 5.41) is 0. The van der Waals surface area contributed by atoms with Crippen LogP contribution in [0.15, 0.2) is 59.3 Å². The molecule has 0 aromatic heterocycles. The van der Waals surface area contributed by atoms with Gasteiger partial charge in [0.05, 0.1) is 25.4 Å². The molecular weight excluding hydrogens is 353 g/mol. The maximum Gasteiger partial charge on any atom is 0.360 e. The molecule has 0 saturated heterocycles. The van der Waals surface area contributed by atoms with Crippen molar-refractivity contribution in [3.63, 3.8) is 0 Å².